The fourth-order valence-electron chi connectivity index (χ4n) is 5.87. The fraction of sp³-hybridized carbons (Fsp3) is 0.419. The molecule has 12 heteroatoms. The van der Waals surface area contributed by atoms with Crippen LogP contribution in [0.3, 0.4) is 0 Å². The molecule has 0 unspecified atom stereocenters. The average Bonchev–Trinajstić information content (AvgIpc) is 3.17. The zero-order valence-electron chi connectivity index (χ0n) is 24.2. The van der Waals surface area contributed by atoms with Crippen LogP contribution in [0.2, 0.25) is 5.02 Å². The maximum atomic E-state index is 14.2. The van der Waals surface area contributed by atoms with Crippen molar-refractivity contribution in [1.82, 2.24) is 18.9 Å². The lowest BCUT2D eigenvalue weighted by Crippen LogP contribution is -2.50. The molecule has 2 aliphatic rings. The van der Waals surface area contributed by atoms with E-state index in [4.69, 9.17) is 16.3 Å². The number of hydrogen-bond donors (Lipinski definition) is 0. The van der Waals surface area contributed by atoms with E-state index in [0.717, 1.165) is 16.6 Å². The van der Waals surface area contributed by atoms with Crippen LogP contribution in [-0.2, 0) is 40.3 Å². The Morgan fingerprint density at radius 3 is 2.56 bits per heavy atom. The Hall–Kier alpha value is -3.41. The average molecular weight is 629 g/mol. The Labute approximate surface area is 258 Å². The molecule has 1 saturated heterocycles. The highest BCUT2D eigenvalue weighted by Crippen LogP contribution is 2.28. The number of likely N-dealkylation sites (tertiary alicyclic amines) is 1. The van der Waals surface area contributed by atoms with Crippen LogP contribution in [0, 0.1) is 5.82 Å². The number of halogens is 2. The second-order valence-electron chi connectivity index (χ2n) is 10.8. The van der Waals surface area contributed by atoms with Crippen LogP contribution in [0.1, 0.15) is 24.0 Å². The highest BCUT2D eigenvalue weighted by Gasteiger charge is 2.31. The summed E-state index contributed by atoms with van der Waals surface area (Å²) < 4.78 is 21.4. The summed E-state index contributed by atoms with van der Waals surface area (Å²) in [5.41, 5.74) is 1.13. The molecule has 9 nitrogen and oxygen atoms in total. The summed E-state index contributed by atoms with van der Waals surface area (Å²) in [6.07, 6.45) is 5.76. The van der Waals surface area contributed by atoms with Gasteiger partial charge in [0.1, 0.15) is 12.4 Å². The third-order valence-corrected chi connectivity index (χ3v) is 9.37. The van der Waals surface area contributed by atoms with Gasteiger partial charge < -0.3 is 14.5 Å². The summed E-state index contributed by atoms with van der Waals surface area (Å²) >= 11 is 7.86. The van der Waals surface area contributed by atoms with E-state index in [0.29, 0.717) is 38.9 Å². The topological polar surface area (TPSA) is 93.8 Å². The van der Waals surface area contributed by atoms with E-state index in [1.165, 1.54) is 46.5 Å². The zero-order valence-corrected chi connectivity index (χ0v) is 25.8. The second-order valence-corrected chi connectivity index (χ2v) is 12.0. The Morgan fingerprint density at radius 2 is 1.84 bits per heavy atom. The number of amides is 2. The summed E-state index contributed by atoms with van der Waals surface area (Å²) in [4.78, 5) is 57.9. The lowest BCUT2D eigenvalue weighted by Gasteiger charge is -2.38. The van der Waals surface area contributed by atoms with E-state index in [-0.39, 0.29) is 53.7 Å². The minimum absolute atomic E-state index is 0.0111. The molecular formula is C31H34ClFN4O5S. The number of carbonyl (C=O) groups is 2. The van der Waals surface area contributed by atoms with Crippen molar-refractivity contribution in [3.8, 4) is 11.1 Å². The minimum Gasteiger partial charge on any atom is -0.383 e. The van der Waals surface area contributed by atoms with Crippen molar-refractivity contribution in [3.05, 3.63) is 85.4 Å². The Balaban J connectivity index is 1.30. The number of rotatable bonds is 8. The predicted molar refractivity (Wildman–Crippen MR) is 164 cm³/mol. The van der Waals surface area contributed by atoms with Crippen molar-refractivity contribution in [3.63, 3.8) is 0 Å². The number of carbonyl (C=O) groups excluding carboxylic acids is 2. The van der Waals surface area contributed by atoms with E-state index in [9.17, 15) is 23.6 Å². The summed E-state index contributed by atoms with van der Waals surface area (Å²) in [5.74, 6) is -0.878. The summed E-state index contributed by atoms with van der Waals surface area (Å²) in [7, 11) is 1.45. The first-order valence-corrected chi connectivity index (χ1v) is 15.8. The highest BCUT2D eigenvalue weighted by atomic mass is 35.5. The molecule has 1 fully saturated rings. The van der Waals surface area contributed by atoms with Gasteiger partial charge in [-0.1, -0.05) is 29.8 Å². The van der Waals surface area contributed by atoms with Gasteiger partial charge in [-0.25, -0.2) is 9.18 Å². The van der Waals surface area contributed by atoms with Gasteiger partial charge in [-0.15, -0.1) is 11.8 Å². The molecule has 43 heavy (non-hydrogen) atoms. The molecule has 0 saturated carbocycles. The maximum absolute atomic E-state index is 14.2. The van der Waals surface area contributed by atoms with Crippen molar-refractivity contribution in [2.24, 2.45) is 0 Å². The first-order valence-electron chi connectivity index (χ1n) is 14.2. The van der Waals surface area contributed by atoms with E-state index < -0.39 is 17.1 Å². The lowest BCUT2D eigenvalue weighted by atomic mass is 10.0. The molecule has 2 amide bonds. The molecule has 2 aromatic carbocycles. The van der Waals surface area contributed by atoms with E-state index in [1.807, 2.05) is 11.2 Å². The quantitative estimate of drug-likeness (QED) is 0.355. The van der Waals surface area contributed by atoms with Crippen molar-refractivity contribution in [2.45, 2.75) is 49.7 Å². The van der Waals surface area contributed by atoms with Gasteiger partial charge in [-0.05, 0) is 54.8 Å². The van der Waals surface area contributed by atoms with Crippen molar-refractivity contribution < 1.29 is 18.7 Å². The summed E-state index contributed by atoms with van der Waals surface area (Å²) in [5, 5.41) is -0.243. The van der Waals surface area contributed by atoms with Gasteiger partial charge in [-0.3, -0.25) is 23.5 Å². The van der Waals surface area contributed by atoms with Crippen LogP contribution in [0.15, 0.2) is 57.1 Å². The minimum atomic E-state index is -0.699. The third-order valence-electron chi connectivity index (χ3n) is 8.26. The zero-order chi connectivity index (χ0) is 30.7. The van der Waals surface area contributed by atoms with E-state index >= 15 is 0 Å². The Kier molecular flexibility index (Phi) is 9.73. The van der Waals surface area contributed by atoms with Crippen LogP contribution in [0.25, 0.3) is 11.1 Å². The van der Waals surface area contributed by atoms with Gasteiger partial charge in [-0.2, -0.15) is 0 Å². The first-order chi connectivity index (χ1) is 20.7. The SMILES string of the molecule is COCCn1c(=O)c(-c2cccc(F)c2Cl)cn(CC(=O)N2CCC(N3CCc4cc(SC)ccc4CC3=O)CC2)c1=O. The smallest absolute Gasteiger partial charge is 0.331 e. The first kappa shape index (κ1) is 31.0. The number of fused-ring (bicyclic) bond motifs is 1. The van der Waals surface area contributed by atoms with Crippen LogP contribution < -0.4 is 11.2 Å². The molecule has 3 heterocycles. The van der Waals surface area contributed by atoms with Gasteiger partial charge in [0.05, 0.1) is 30.2 Å². The van der Waals surface area contributed by atoms with Gasteiger partial charge in [0.2, 0.25) is 11.8 Å². The van der Waals surface area contributed by atoms with Gasteiger partial charge >= 0.3 is 5.69 Å². The molecule has 0 N–H and O–H groups in total. The molecule has 0 bridgehead atoms. The maximum Gasteiger partial charge on any atom is 0.331 e. The molecule has 3 aromatic rings. The number of aromatic nitrogens is 2. The van der Waals surface area contributed by atoms with Crippen molar-refractivity contribution in [1.29, 1.82) is 0 Å². The monoisotopic (exact) mass is 628 g/mol. The normalized spacial score (nSPS) is 15.9. The molecule has 2 aliphatic heterocycles. The van der Waals surface area contributed by atoms with Crippen molar-refractivity contribution >= 4 is 35.2 Å². The molecule has 228 valence electrons. The summed E-state index contributed by atoms with van der Waals surface area (Å²) in [6, 6.07) is 10.4. The van der Waals surface area contributed by atoms with Crippen molar-refractivity contribution in [2.75, 3.05) is 39.6 Å². The molecule has 0 aliphatic carbocycles. The molecular weight excluding hydrogens is 595 g/mol. The van der Waals surface area contributed by atoms with Gasteiger partial charge in [0.25, 0.3) is 5.56 Å². The van der Waals surface area contributed by atoms with Crippen LogP contribution in [-0.4, -0.2) is 76.4 Å². The molecule has 0 radical (unpaired) electrons. The largest absolute Gasteiger partial charge is 0.383 e. The van der Waals surface area contributed by atoms with Crippen LogP contribution >= 0.6 is 23.4 Å². The standard InChI is InChI=1S/C31H34ClFN4O5S/c1-42-15-14-37-30(40)25(24-4-3-5-26(33)29(24)32)18-35(31(37)41)19-28(39)34-11-9-22(10-12-34)36-13-8-21-16-23(43-2)7-6-20(21)17-27(36)38/h3-7,16,18,22H,8-15,17,19H2,1-2H3. The number of ether oxygens (including phenoxy) is 1. The number of thioether (sulfide) groups is 1. The number of hydrogen-bond acceptors (Lipinski definition) is 6. The number of nitrogens with zero attached hydrogens (tertiary/aromatic N) is 4. The molecule has 0 atom stereocenters. The van der Waals surface area contributed by atoms with Gasteiger partial charge in [0.15, 0.2) is 0 Å². The number of piperidine rings is 1. The number of benzene rings is 2. The third kappa shape index (κ3) is 6.58. The molecule has 1 aromatic heterocycles. The predicted octanol–water partition coefficient (Wildman–Crippen LogP) is 3.46. The van der Waals surface area contributed by atoms with E-state index in [1.54, 1.807) is 16.7 Å². The number of methoxy groups -OCH3 is 1. The van der Waals surface area contributed by atoms with E-state index in [2.05, 4.69) is 18.2 Å². The molecule has 0 spiro atoms. The van der Waals surface area contributed by atoms with Crippen LogP contribution in [0.5, 0.6) is 0 Å². The summed E-state index contributed by atoms with van der Waals surface area (Å²) in [6.45, 7) is 1.28. The lowest BCUT2D eigenvalue weighted by molar-refractivity contribution is -0.136. The second kappa shape index (κ2) is 13.5. The van der Waals surface area contributed by atoms with Gasteiger partial charge in [0, 0.05) is 49.4 Å². The fourth-order valence-corrected chi connectivity index (χ4v) is 6.56. The molecule has 5 rings (SSSR count). The van der Waals surface area contributed by atoms with Crippen LogP contribution in [0.4, 0.5) is 4.39 Å². The highest BCUT2D eigenvalue weighted by molar-refractivity contribution is 7.98. The Bertz CT molecular complexity index is 1650. The Morgan fingerprint density at radius 1 is 1.07 bits per heavy atom.